The number of halogens is 5. The molecule has 0 spiro atoms. The summed E-state index contributed by atoms with van der Waals surface area (Å²) in [4.78, 5) is 12.1. The monoisotopic (exact) mass is 402 g/mol. The van der Waals surface area contributed by atoms with Gasteiger partial charge in [-0.1, -0.05) is 23.2 Å². The highest BCUT2D eigenvalue weighted by Crippen LogP contribution is 2.40. The zero-order valence-electron chi connectivity index (χ0n) is 13.0. The van der Waals surface area contributed by atoms with Gasteiger partial charge in [0.15, 0.2) is 0 Å². The largest absolute Gasteiger partial charge is 0.506 e. The molecule has 0 saturated heterocycles. The van der Waals surface area contributed by atoms with Crippen LogP contribution in [0.3, 0.4) is 0 Å². The van der Waals surface area contributed by atoms with Gasteiger partial charge in [-0.2, -0.15) is 18.3 Å². The first-order valence-corrected chi connectivity index (χ1v) is 8.18. The lowest BCUT2D eigenvalue weighted by Gasteiger charge is -2.09. The molecule has 0 saturated carbocycles. The smallest absolute Gasteiger partial charge is 0.416 e. The quantitative estimate of drug-likeness (QED) is 0.708. The standard InChI is InChI=1S/C17H11Cl2F3N2O2/c18-11-7-12(19)15(25)14-10(11)5-6-13(14)23-24-16(26)8-1-3-9(4-2-8)17(20,21)22/h1-4,7,25H,5-6H2,(H,24,26)/b23-13+. The first-order valence-electron chi connectivity index (χ1n) is 7.43. The lowest BCUT2D eigenvalue weighted by Crippen LogP contribution is -2.19. The van der Waals surface area contributed by atoms with E-state index in [1.165, 1.54) is 6.07 Å². The van der Waals surface area contributed by atoms with Gasteiger partial charge in [0, 0.05) is 16.1 Å². The van der Waals surface area contributed by atoms with Gasteiger partial charge in [-0.05, 0) is 48.7 Å². The molecule has 2 aromatic rings. The van der Waals surface area contributed by atoms with Gasteiger partial charge in [0.1, 0.15) is 5.75 Å². The second-order valence-electron chi connectivity index (χ2n) is 5.62. The van der Waals surface area contributed by atoms with Gasteiger partial charge in [0.05, 0.1) is 16.3 Å². The van der Waals surface area contributed by atoms with E-state index in [1.54, 1.807) is 0 Å². The van der Waals surface area contributed by atoms with Crippen LogP contribution in [0.25, 0.3) is 0 Å². The van der Waals surface area contributed by atoms with Gasteiger partial charge in [-0.15, -0.1) is 0 Å². The summed E-state index contributed by atoms with van der Waals surface area (Å²) in [5.74, 6) is -0.849. The Morgan fingerprint density at radius 2 is 1.77 bits per heavy atom. The second-order valence-corrected chi connectivity index (χ2v) is 6.43. The van der Waals surface area contributed by atoms with Crippen molar-refractivity contribution in [3.05, 3.63) is 62.6 Å². The molecule has 0 aromatic heterocycles. The summed E-state index contributed by atoms with van der Waals surface area (Å²) in [6, 6.07) is 5.19. The van der Waals surface area contributed by atoms with Crippen LogP contribution in [0, 0.1) is 0 Å². The molecule has 0 fully saturated rings. The number of phenolic OH excluding ortho intramolecular Hbond substituents is 1. The van der Waals surface area contributed by atoms with Crippen molar-refractivity contribution in [2.45, 2.75) is 19.0 Å². The van der Waals surface area contributed by atoms with Crippen molar-refractivity contribution in [3.63, 3.8) is 0 Å². The summed E-state index contributed by atoms with van der Waals surface area (Å²) < 4.78 is 37.6. The summed E-state index contributed by atoms with van der Waals surface area (Å²) in [6.07, 6.45) is -3.52. The Kier molecular flexibility index (Phi) is 4.86. The van der Waals surface area contributed by atoms with Crippen LogP contribution in [0.1, 0.15) is 33.5 Å². The lowest BCUT2D eigenvalue weighted by atomic mass is 10.1. The number of hydrazone groups is 1. The molecule has 0 bridgehead atoms. The van der Waals surface area contributed by atoms with E-state index in [9.17, 15) is 23.1 Å². The van der Waals surface area contributed by atoms with Gasteiger partial charge < -0.3 is 5.11 Å². The predicted octanol–water partition coefficient (Wildman–Crippen LogP) is 4.80. The normalized spacial score (nSPS) is 15.2. The summed E-state index contributed by atoms with van der Waals surface area (Å²) in [6.45, 7) is 0. The number of amides is 1. The Morgan fingerprint density at radius 3 is 2.38 bits per heavy atom. The summed E-state index contributed by atoms with van der Waals surface area (Å²) >= 11 is 12.0. The number of nitrogens with zero attached hydrogens (tertiary/aromatic N) is 1. The van der Waals surface area contributed by atoms with E-state index in [1.807, 2.05) is 0 Å². The fourth-order valence-electron chi connectivity index (χ4n) is 2.68. The maximum Gasteiger partial charge on any atom is 0.416 e. The van der Waals surface area contributed by atoms with Crippen LogP contribution in [-0.2, 0) is 12.6 Å². The number of fused-ring (bicyclic) bond motifs is 1. The van der Waals surface area contributed by atoms with Gasteiger partial charge in [-0.3, -0.25) is 4.79 Å². The number of rotatable bonds is 2. The average Bonchev–Trinajstić information content (AvgIpc) is 3.01. The van der Waals surface area contributed by atoms with Crippen LogP contribution in [0.15, 0.2) is 35.4 Å². The van der Waals surface area contributed by atoms with Crippen molar-refractivity contribution in [2.24, 2.45) is 5.10 Å². The van der Waals surface area contributed by atoms with Gasteiger partial charge in [0.2, 0.25) is 0 Å². The van der Waals surface area contributed by atoms with Crippen molar-refractivity contribution in [2.75, 3.05) is 0 Å². The van der Waals surface area contributed by atoms with E-state index >= 15 is 0 Å². The number of benzene rings is 2. The molecule has 0 radical (unpaired) electrons. The molecule has 2 aromatic carbocycles. The number of carbonyl (C=O) groups is 1. The van der Waals surface area contributed by atoms with Crippen molar-refractivity contribution in [3.8, 4) is 5.75 Å². The second kappa shape index (κ2) is 6.81. The van der Waals surface area contributed by atoms with E-state index in [2.05, 4.69) is 10.5 Å². The van der Waals surface area contributed by atoms with Crippen molar-refractivity contribution >= 4 is 34.8 Å². The lowest BCUT2D eigenvalue weighted by molar-refractivity contribution is -0.137. The summed E-state index contributed by atoms with van der Waals surface area (Å²) in [5.41, 5.74) is 2.89. The molecule has 1 amide bonds. The topological polar surface area (TPSA) is 61.7 Å². The molecular weight excluding hydrogens is 392 g/mol. The molecule has 0 atom stereocenters. The minimum Gasteiger partial charge on any atom is -0.506 e. The maximum absolute atomic E-state index is 12.5. The van der Waals surface area contributed by atoms with Crippen LogP contribution < -0.4 is 5.43 Å². The van der Waals surface area contributed by atoms with E-state index in [0.717, 1.165) is 24.3 Å². The minimum atomic E-state index is -4.47. The third kappa shape index (κ3) is 3.50. The first-order chi connectivity index (χ1) is 12.2. The Hall–Kier alpha value is -2.25. The SMILES string of the molecule is O=C(N/N=C1\CCc2c(Cl)cc(Cl)c(O)c21)c1ccc(C(F)(F)F)cc1. The zero-order valence-corrected chi connectivity index (χ0v) is 14.5. The number of hydrogen-bond donors (Lipinski definition) is 2. The molecule has 0 unspecified atom stereocenters. The van der Waals surface area contributed by atoms with Gasteiger partial charge in [-0.25, -0.2) is 5.43 Å². The van der Waals surface area contributed by atoms with Crippen LogP contribution >= 0.6 is 23.2 Å². The van der Waals surface area contributed by atoms with Crippen LogP contribution in [-0.4, -0.2) is 16.7 Å². The van der Waals surface area contributed by atoms with Crippen LogP contribution in [0.2, 0.25) is 10.0 Å². The Morgan fingerprint density at radius 1 is 1.12 bits per heavy atom. The molecule has 0 aliphatic heterocycles. The molecule has 0 heterocycles. The Bertz CT molecular complexity index is 910. The van der Waals surface area contributed by atoms with E-state index in [0.29, 0.717) is 34.7 Å². The molecule has 3 rings (SSSR count). The predicted molar refractivity (Wildman–Crippen MR) is 91.9 cm³/mol. The fourth-order valence-corrected chi connectivity index (χ4v) is 3.23. The first kappa shape index (κ1) is 18.5. The number of alkyl halides is 3. The third-order valence-corrected chi connectivity index (χ3v) is 4.60. The highest BCUT2D eigenvalue weighted by molar-refractivity contribution is 6.37. The number of carbonyl (C=O) groups excluding carboxylic acids is 1. The Balaban J connectivity index is 1.81. The van der Waals surface area contributed by atoms with Crippen molar-refractivity contribution in [1.29, 1.82) is 0 Å². The number of phenols is 1. The number of hydrogen-bond acceptors (Lipinski definition) is 3. The summed E-state index contributed by atoms with van der Waals surface area (Å²) in [7, 11) is 0. The molecule has 2 N–H and O–H groups in total. The van der Waals surface area contributed by atoms with Crippen molar-refractivity contribution < 1.29 is 23.1 Å². The average molecular weight is 403 g/mol. The summed E-state index contributed by atoms with van der Waals surface area (Å²) in [5, 5.41) is 14.5. The van der Waals surface area contributed by atoms with Gasteiger partial charge in [0.25, 0.3) is 5.91 Å². The molecule has 1 aliphatic carbocycles. The third-order valence-electron chi connectivity index (χ3n) is 3.97. The Labute approximate surface area is 156 Å². The van der Waals surface area contributed by atoms with E-state index < -0.39 is 17.6 Å². The fraction of sp³-hybridized carbons (Fsp3) is 0.176. The number of nitrogens with one attached hydrogen (secondary N) is 1. The van der Waals surface area contributed by atoms with Crippen LogP contribution in [0.4, 0.5) is 13.2 Å². The molecule has 4 nitrogen and oxygen atoms in total. The molecule has 136 valence electrons. The number of aromatic hydroxyl groups is 1. The van der Waals surface area contributed by atoms with E-state index in [4.69, 9.17) is 23.2 Å². The minimum absolute atomic E-state index is 0.0221. The molecular formula is C17H11Cl2F3N2O2. The maximum atomic E-state index is 12.5. The van der Waals surface area contributed by atoms with Crippen LogP contribution in [0.5, 0.6) is 5.75 Å². The zero-order chi connectivity index (χ0) is 19.1. The van der Waals surface area contributed by atoms with Crippen molar-refractivity contribution in [1.82, 2.24) is 5.43 Å². The highest BCUT2D eigenvalue weighted by Gasteiger charge is 2.30. The van der Waals surface area contributed by atoms with E-state index in [-0.39, 0.29) is 16.3 Å². The molecule has 1 aliphatic rings. The highest BCUT2D eigenvalue weighted by atomic mass is 35.5. The van der Waals surface area contributed by atoms with Gasteiger partial charge >= 0.3 is 6.18 Å². The molecule has 26 heavy (non-hydrogen) atoms. The molecule has 9 heteroatoms.